The van der Waals surface area contributed by atoms with Gasteiger partial charge in [-0.1, -0.05) is 20.4 Å². The van der Waals surface area contributed by atoms with Crippen molar-refractivity contribution in [1.82, 2.24) is 25.0 Å². The van der Waals surface area contributed by atoms with Crippen LogP contribution in [0.15, 0.2) is 12.9 Å². The highest BCUT2D eigenvalue weighted by Gasteiger charge is 2.26. The molecule has 0 atom stereocenters. The number of aromatic nitrogens is 5. The summed E-state index contributed by atoms with van der Waals surface area (Å²) in [7, 11) is 0. The van der Waals surface area contributed by atoms with E-state index in [0.29, 0.717) is 11.7 Å². The van der Waals surface area contributed by atoms with Crippen LogP contribution in [-0.4, -0.2) is 25.0 Å². The van der Waals surface area contributed by atoms with E-state index in [0.717, 1.165) is 22.9 Å². The van der Waals surface area contributed by atoms with E-state index in [1.807, 2.05) is 4.57 Å². The number of hydrogen-bond donors (Lipinski definition) is 2. The van der Waals surface area contributed by atoms with Crippen molar-refractivity contribution >= 4 is 11.6 Å². The third-order valence-electron chi connectivity index (χ3n) is 2.70. The molecule has 1 aliphatic rings. The molecule has 3 rings (SSSR count). The van der Waals surface area contributed by atoms with Crippen LogP contribution in [0.2, 0.25) is 0 Å². The third-order valence-corrected chi connectivity index (χ3v) is 2.70. The van der Waals surface area contributed by atoms with E-state index >= 15 is 0 Å². The SMILES string of the molecule is C=C1Nc2n[nH]c(C(C)C)c2-c2nncn21. The summed E-state index contributed by atoms with van der Waals surface area (Å²) in [6, 6.07) is 0. The predicted octanol–water partition coefficient (Wildman–Crippen LogP) is 1.65. The zero-order valence-corrected chi connectivity index (χ0v) is 9.15. The molecule has 0 spiro atoms. The number of fused-ring (bicyclic) bond motifs is 3. The van der Waals surface area contributed by atoms with Crippen molar-refractivity contribution in [3.05, 3.63) is 18.6 Å². The maximum atomic E-state index is 4.23. The Balaban J connectivity index is 2.29. The fourth-order valence-electron chi connectivity index (χ4n) is 1.89. The molecule has 0 fully saturated rings. The van der Waals surface area contributed by atoms with Crippen LogP contribution < -0.4 is 5.32 Å². The van der Waals surface area contributed by atoms with Gasteiger partial charge in [-0.25, -0.2) is 0 Å². The van der Waals surface area contributed by atoms with Gasteiger partial charge in [-0.3, -0.25) is 9.67 Å². The fraction of sp³-hybridized carbons (Fsp3) is 0.300. The van der Waals surface area contributed by atoms with Crippen molar-refractivity contribution < 1.29 is 0 Å². The van der Waals surface area contributed by atoms with Crippen LogP contribution in [-0.2, 0) is 0 Å². The van der Waals surface area contributed by atoms with E-state index in [1.165, 1.54) is 0 Å². The topological polar surface area (TPSA) is 71.4 Å². The van der Waals surface area contributed by atoms with Crippen LogP contribution in [0.1, 0.15) is 25.5 Å². The molecule has 0 bridgehead atoms. The minimum absolute atomic E-state index is 0.356. The monoisotopic (exact) mass is 216 g/mol. The van der Waals surface area contributed by atoms with Crippen LogP contribution in [0, 0.1) is 0 Å². The maximum absolute atomic E-state index is 4.23. The Morgan fingerprint density at radius 2 is 2.25 bits per heavy atom. The Labute approximate surface area is 92.4 Å². The number of aromatic amines is 1. The molecular formula is C10H12N6. The lowest BCUT2D eigenvalue weighted by molar-refractivity contribution is 0.811. The van der Waals surface area contributed by atoms with Gasteiger partial charge in [0.15, 0.2) is 11.6 Å². The Kier molecular flexibility index (Phi) is 1.68. The van der Waals surface area contributed by atoms with Crippen molar-refractivity contribution in [1.29, 1.82) is 0 Å². The van der Waals surface area contributed by atoms with E-state index < -0.39 is 0 Å². The maximum Gasteiger partial charge on any atom is 0.175 e. The van der Waals surface area contributed by atoms with E-state index in [1.54, 1.807) is 6.33 Å². The molecule has 2 N–H and O–H groups in total. The first-order valence-corrected chi connectivity index (χ1v) is 5.13. The molecule has 0 amide bonds. The van der Waals surface area contributed by atoms with Crippen molar-refractivity contribution in [3.63, 3.8) is 0 Å². The zero-order chi connectivity index (χ0) is 11.3. The highest BCUT2D eigenvalue weighted by atomic mass is 15.3. The van der Waals surface area contributed by atoms with Gasteiger partial charge in [0, 0.05) is 0 Å². The number of H-pyrrole nitrogens is 1. The van der Waals surface area contributed by atoms with Gasteiger partial charge in [-0.2, -0.15) is 5.10 Å². The first kappa shape index (κ1) is 9.14. The molecule has 2 aromatic rings. The van der Waals surface area contributed by atoms with Gasteiger partial charge in [-0.05, 0) is 5.92 Å². The first-order chi connectivity index (χ1) is 7.68. The molecule has 82 valence electrons. The first-order valence-electron chi connectivity index (χ1n) is 5.13. The summed E-state index contributed by atoms with van der Waals surface area (Å²) < 4.78 is 1.82. The second kappa shape index (κ2) is 2.94. The van der Waals surface area contributed by atoms with Crippen molar-refractivity contribution in [2.75, 3.05) is 5.32 Å². The lowest BCUT2D eigenvalue weighted by Gasteiger charge is -2.18. The number of hydrogen-bond acceptors (Lipinski definition) is 4. The van der Waals surface area contributed by atoms with E-state index in [9.17, 15) is 0 Å². The molecule has 2 aromatic heterocycles. The van der Waals surface area contributed by atoms with Gasteiger partial charge >= 0.3 is 0 Å². The van der Waals surface area contributed by atoms with Crippen molar-refractivity contribution in [2.24, 2.45) is 0 Å². The largest absolute Gasteiger partial charge is 0.324 e. The Bertz CT molecular complexity index is 562. The molecule has 0 unspecified atom stereocenters. The van der Waals surface area contributed by atoms with Crippen LogP contribution in [0.4, 0.5) is 5.82 Å². The summed E-state index contributed by atoms with van der Waals surface area (Å²) in [5, 5.41) is 18.4. The Hall–Kier alpha value is -2.11. The average molecular weight is 216 g/mol. The standard InChI is InChI=1S/C10H12N6/c1-5(2)8-7-9(14-13-8)12-6(3)16-4-11-15-10(7)16/h4-5H,3H2,1-2H3,(H2,12,13,14). The molecule has 0 aromatic carbocycles. The zero-order valence-electron chi connectivity index (χ0n) is 9.15. The molecule has 1 aliphatic heterocycles. The average Bonchev–Trinajstić information content (AvgIpc) is 2.80. The lowest BCUT2D eigenvalue weighted by Crippen LogP contribution is -2.13. The smallest absolute Gasteiger partial charge is 0.175 e. The molecule has 0 aliphatic carbocycles. The summed E-state index contributed by atoms with van der Waals surface area (Å²) in [6.07, 6.45) is 1.64. The van der Waals surface area contributed by atoms with E-state index in [4.69, 9.17) is 0 Å². The van der Waals surface area contributed by atoms with Crippen LogP contribution >= 0.6 is 0 Å². The lowest BCUT2D eigenvalue weighted by atomic mass is 10.0. The molecule has 6 heteroatoms. The minimum Gasteiger partial charge on any atom is -0.324 e. The highest BCUT2D eigenvalue weighted by Crippen LogP contribution is 2.37. The molecule has 0 radical (unpaired) electrons. The highest BCUT2D eigenvalue weighted by molar-refractivity contribution is 5.84. The van der Waals surface area contributed by atoms with Gasteiger partial charge in [0.05, 0.1) is 11.3 Å². The van der Waals surface area contributed by atoms with Gasteiger partial charge in [0.1, 0.15) is 12.1 Å². The summed E-state index contributed by atoms with van der Waals surface area (Å²) in [6.45, 7) is 8.12. The van der Waals surface area contributed by atoms with Crippen molar-refractivity contribution in [2.45, 2.75) is 19.8 Å². The molecule has 6 nitrogen and oxygen atoms in total. The summed E-state index contributed by atoms with van der Waals surface area (Å²) >= 11 is 0. The number of nitrogens with one attached hydrogen (secondary N) is 2. The van der Waals surface area contributed by atoms with Gasteiger partial charge in [-0.15, -0.1) is 10.2 Å². The molecule has 3 heterocycles. The summed E-state index contributed by atoms with van der Waals surface area (Å²) in [4.78, 5) is 0. The number of anilines is 1. The van der Waals surface area contributed by atoms with E-state index in [2.05, 4.69) is 46.1 Å². The van der Waals surface area contributed by atoms with Crippen LogP contribution in [0.25, 0.3) is 17.2 Å². The molecule has 0 saturated carbocycles. The number of nitrogens with zero attached hydrogens (tertiary/aromatic N) is 4. The van der Waals surface area contributed by atoms with Crippen molar-refractivity contribution in [3.8, 4) is 11.4 Å². The predicted molar refractivity (Wildman–Crippen MR) is 60.6 cm³/mol. The number of rotatable bonds is 1. The summed E-state index contributed by atoms with van der Waals surface area (Å²) in [5.74, 6) is 2.63. The third kappa shape index (κ3) is 1.04. The summed E-state index contributed by atoms with van der Waals surface area (Å²) in [5.41, 5.74) is 2.05. The molecule has 0 saturated heterocycles. The minimum atomic E-state index is 0.356. The van der Waals surface area contributed by atoms with Gasteiger partial charge in [0.2, 0.25) is 0 Å². The van der Waals surface area contributed by atoms with Gasteiger partial charge in [0.25, 0.3) is 0 Å². The van der Waals surface area contributed by atoms with Crippen LogP contribution in [0.3, 0.4) is 0 Å². The molecule has 16 heavy (non-hydrogen) atoms. The quantitative estimate of drug-likeness (QED) is 0.760. The molecular weight excluding hydrogens is 204 g/mol. The normalized spacial score (nSPS) is 13.6. The van der Waals surface area contributed by atoms with Gasteiger partial charge < -0.3 is 5.32 Å². The second-order valence-corrected chi connectivity index (χ2v) is 4.11. The second-order valence-electron chi connectivity index (χ2n) is 4.11. The van der Waals surface area contributed by atoms with E-state index in [-0.39, 0.29) is 0 Å². The Morgan fingerprint density at radius 3 is 3.00 bits per heavy atom. The van der Waals surface area contributed by atoms with Crippen LogP contribution in [0.5, 0.6) is 0 Å². The Morgan fingerprint density at radius 1 is 1.44 bits per heavy atom. The fourth-order valence-corrected chi connectivity index (χ4v) is 1.89.